The second kappa shape index (κ2) is 8.88. The van der Waals surface area contributed by atoms with E-state index in [1.54, 1.807) is 0 Å². The molecule has 3 aromatic carbocycles. The first-order chi connectivity index (χ1) is 14.6. The van der Waals surface area contributed by atoms with Crippen molar-refractivity contribution in [3.8, 4) is 5.75 Å². The molecule has 0 aromatic heterocycles. The molecule has 3 nitrogen and oxygen atoms in total. The zero-order chi connectivity index (χ0) is 21.1. The van der Waals surface area contributed by atoms with Crippen molar-refractivity contribution in [2.75, 3.05) is 11.4 Å². The lowest BCUT2D eigenvalue weighted by Crippen LogP contribution is -2.26. The van der Waals surface area contributed by atoms with E-state index in [0.29, 0.717) is 18.7 Å². The predicted octanol–water partition coefficient (Wildman–Crippen LogP) is 6.63. The van der Waals surface area contributed by atoms with Crippen LogP contribution >= 0.6 is 15.9 Å². The molecule has 4 heteroatoms. The number of carbonyl (C=O) groups excluding carboxylic acids is 1. The SMILES string of the molecule is CCCN1C(=O)/C(=C\c2cc(Br)ccc2OCc2ccc(C)cc2)c2ccccc21. The molecular formula is C26H24BrNO2. The van der Waals surface area contributed by atoms with Gasteiger partial charge in [0.2, 0.25) is 0 Å². The molecule has 0 bridgehead atoms. The van der Waals surface area contributed by atoms with Crippen LogP contribution in [0.15, 0.2) is 71.2 Å². The maximum atomic E-state index is 13.2. The number of aryl methyl sites for hydroxylation is 1. The topological polar surface area (TPSA) is 29.5 Å². The van der Waals surface area contributed by atoms with Crippen LogP contribution in [-0.2, 0) is 11.4 Å². The van der Waals surface area contributed by atoms with Gasteiger partial charge in [0.05, 0.1) is 5.69 Å². The lowest BCUT2D eigenvalue weighted by molar-refractivity contribution is -0.113. The van der Waals surface area contributed by atoms with Gasteiger partial charge in [-0.3, -0.25) is 4.79 Å². The first-order valence-electron chi connectivity index (χ1n) is 10.2. The minimum Gasteiger partial charge on any atom is -0.488 e. The van der Waals surface area contributed by atoms with Gasteiger partial charge in [-0.25, -0.2) is 0 Å². The van der Waals surface area contributed by atoms with Crippen LogP contribution in [0.3, 0.4) is 0 Å². The Morgan fingerprint density at radius 2 is 1.80 bits per heavy atom. The number of ether oxygens (including phenoxy) is 1. The summed E-state index contributed by atoms with van der Waals surface area (Å²) in [6.45, 7) is 5.35. The molecule has 4 rings (SSSR count). The van der Waals surface area contributed by atoms with E-state index in [9.17, 15) is 4.79 Å². The summed E-state index contributed by atoms with van der Waals surface area (Å²) in [5, 5.41) is 0. The van der Waals surface area contributed by atoms with Crippen molar-refractivity contribution in [2.45, 2.75) is 26.9 Å². The highest BCUT2D eigenvalue weighted by atomic mass is 79.9. The van der Waals surface area contributed by atoms with Crippen molar-refractivity contribution in [1.29, 1.82) is 0 Å². The summed E-state index contributed by atoms with van der Waals surface area (Å²) in [4.78, 5) is 15.0. The average molecular weight is 462 g/mol. The molecule has 1 aliphatic heterocycles. The van der Waals surface area contributed by atoms with Crippen LogP contribution in [0.4, 0.5) is 5.69 Å². The Bertz CT molecular complexity index is 1100. The molecule has 1 aliphatic rings. The number of hydrogen-bond donors (Lipinski definition) is 0. The van der Waals surface area contributed by atoms with Gasteiger partial charge >= 0.3 is 0 Å². The fourth-order valence-electron chi connectivity index (χ4n) is 3.66. The van der Waals surface area contributed by atoms with E-state index in [1.807, 2.05) is 53.4 Å². The van der Waals surface area contributed by atoms with E-state index in [-0.39, 0.29) is 5.91 Å². The van der Waals surface area contributed by atoms with Gasteiger partial charge in [0.25, 0.3) is 5.91 Å². The highest BCUT2D eigenvalue weighted by Gasteiger charge is 2.31. The standard InChI is InChI=1S/C26H24BrNO2/c1-3-14-28-24-7-5-4-6-22(24)23(26(28)29)16-20-15-21(27)12-13-25(20)30-17-19-10-8-18(2)9-11-19/h4-13,15-16H,3,14,17H2,1-2H3/b23-16-. The second-order valence-electron chi connectivity index (χ2n) is 7.49. The Morgan fingerprint density at radius 1 is 1.03 bits per heavy atom. The summed E-state index contributed by atoms with van der Waals surface area (Å²) in [5.41, 5.74) is 5.87. The maximum absolute atomic E-state index is 13.2. The van der Waals surface area contributed by atoms with E-state index in [2.05, 4.69) is 54.0 Å². The quantitative estimate of drug-likeness (QED) is 0.385. The largest absolute Gasteiger partial charge is 0.488 e. The van der Waals surface area contributed by atoms with Crippen molar-refractivity contribution in [3.05, 3.63) is 93.5 Å². The number of rotatable bonds is 6. The summed E-state index contributed by atoms with van der Waals surface area (Å²) in [6, 6.07) is 22.2. The predicted molar refractivity (Wildman–Crippen MR) is 127 cm³/mol. The van der Waals surface area contributed by atoms with Crippen LogP contribution in [0.2, 0.25) is 0 Å². The smallest absolute Gasteiger partial charge is 0.258 e. The lowest BCUT2D eigenvalue weighted by Gasteiger charge is -2.15. The van der Waals surface area contributed by atoms with E-state index in [0.717, 1.165) is 39.0 Å². The summed E-state index contributed by atoms with van der Waals surface area (Å²) in [5.74, 6) is 0.799. The molecule has 3 aromatic rings. The minimum absolute atomic E-state index is 0.0440. The first kappa shape index (κ1) is 20.4. The van der Waals surface area contributed by atoms with Crippen molar-refractivity contribution in [2.24, 2.45) is 0 Å². The second-order valence-corrected chi connectivity index (χ2v) is 8.40. The van der Waals surface area contributed by atoms with Crippen LogP contribution in [-0.4, -0.2) is 12.5 Å². The third-order valence-corrected chi connectivity index (χ3v) is 5.69. The summed E-state index contributed by atoms with van der Waals surface area (Å²) < 4.78 is 7.08. The summed E-state index contributed by atoms with van der Waals surface area (Å²) in [7, 11) is 0. The van der Waals surface area contributed by atoms with Gasteiger partial charge in [0, 0.05) is 27.7 Å². The van der Waals surface area contributed by atoms with Gasteiger partial charge in [-0.05, 0) is 49.2 Å². The third-order valence-electron chi connectivity index (χ3n) is 5.19. The molecule has 0 fully saturated rings. The van der Waals surface area contributed by atoms with E-state index in [1.165, 1.54) is 5.56 Å². The Kier molecular flexibility index (Phi) is 6.05. The molecule has 152 valence electrons. The van der Waals surface area contributed by atoms with Gasteiger partial charge in [-0.1, -0.05) is 70.9 Å². The molecule has 1 amide bonds. The molecule has 0 aliphatic carbocycles. The van der Waals surface area contributed by atoms with Crippen LogP contribution in [0.1, 0.15) is 35.6 Å². The fourth-order valence-corrected chi connectivity index (χ4v) is 4.04. The number of hydrogen-bond acceptors (Lipinski definition) is 2. The number of amides is 1. The highest BCUT2D eigenvalue weighted by molar-refractivity contribution is 9.10. The third kappa shape index (κ3) is 4.19. The Labute approximate surface area is 186 Å². The number of benzene rings is 3. The van der Waals surface area contributed by atoms with Crippen molar-refractivity contribution in [1.82, 2.24) is 0 Å². The highest BCUT2D eigenvalue weighted by Crippen LogP contribution is 2.39. The monoisotopic (exact) mass is 461 g/mol. The van der Waals surface area contributed by atoms with Crippen LogP contribution in [0.25, 0.3) is 11.6 Å². The zero-order valence-electron chi connectivity index (χ0n) is 17.2. The van der Waals surface area contributed by atoms with Gasteiger partial charge in [-0.15, -0.1) is 0 Å². The van der Waals surface area contributed by atoms with E-state index >= 15 is 0 Å². The van der Waals surface area contributed by atoms with Crippen molar-refractivity contribution in [3.63, 3.8) is 0 Å². The van der Waals surface area contributed by atoms with Crippen LogP contribution in [0.5, 0.6) is 5.75 Å². The lowest BCUT2D eigenvalue weighted by atomic mass is 10.0. The minimum atomic E-state index is 0.0440. The van der Waals surface area contributed by atoms with Gasteiger partial charge in [0.15, 0.2) is 0 Å². The molecule has 30 heavy (non-hydrogen) atoms. The summed E-state index contributed by atoms with van der Waals surface area (Å²) in [6.07, 6.45) is 2.86. The fraction of sp³-hybridized carbons (Fsp3) is 0.192. The van der Waals surface area contributed by atoms with Crippen molar-refractivity contribution >= 4 is 39.2 Å². The molecular weight excluding hydrogens is 438 g/mol. The molecule has 0 atom stereocenters. The van der Waals surface area contributed by atoms with E-state index < -0.39 is 0 Å². The number of halogens is 1. The molecule has 0 unspecified atom stereocenters. The van der Waals surface area contributed by atoms with E-state index in [4.69, 9.17) is 4.74 Å². The Hall–Kier alpha value is -2.85. The molecule has 0 radical (unpaired) electrons. The molecule has 0 spiro atoms. The molecule has 0 N–H and O–H groups in total. The van der Waals surface area contributed by atoms with Crippen molar-refractivity contribution < 1.29 is 9.53 Å². The molecule has 0 saturated heterocycles. The number of nitrogens with zero attached hydrogens (tertiary/aromatic N) is 1. The first-order valence-corrected chi connectivity index (χ1v) is 11.0. The maximum Gasteiger partial charge on any atom is 0.258 e. The Morgan fingerprint density at radius 3 is 2.57 bits per heavy atom. The molecule has 0 saturated carbocycles. The van der Waals surface area contributed by atoms with Crippen LogP contribution < -0.4 is 9.64 Å². The van der Waals surface area contributed by atoms with Gasteiger partial charge in [-0.2, -0.15) is 0 Å². The van der Waals surface area contributed by atoms with Gasteiger partial charge < -0.3 is 9.64 Å². The number of anilines is 1. The normalized spacial score (nSPS) is 14.3. The number of fused-ring (bicyclic) bond motifs is 1. The number of carbonyl (C=O) groups is 1. The van der Waals surface area contributed by atoms with Gasteiger partial charge in [0.1, 0.15) is 12.4 Å². The Balaban J connectivity index is 1.68. The van der Waals surface area contributed by atoms with Crippen LogP contribution in [0, 0.1) is 6.92 Å². The number of para-hydroxylation sites is 1. The molecule has 1 heterocycles. The zero-order valence-corrected chi connectivity index (χ0v) is 18.8. The summed E-state index contributed by atoms with van der Waals surface area (Å²) >= 11 is 3.55. The average Bonchev–Trinajstić information content (AvgIpc) is 3.01.